The van der Waals surface area contributed by atoms with Gasteiger partial charge in [0.15, 0.2) is 0 Å². The second kappa shape index (κ2) is 4.41. The number of hydrogen-bond donors (Lipinski definition) is 0. The number of nitrogens with zero attached hydrogens (tertiary/aromatic N) is 1. The highest BCUT2D eigenvalue weighted by molar-refractivity contribution is 8.14. The fourth-order valence-electron chi connectivity index (χ4n) is 1.35. The van der Waals surface area contributed by atoms with Crippen LogP contribution in [0, 0.1) is 6.92 Å². The molecule has 0 saturated heterocycles. The summed E-state index contributed by atoms with van der Waals surface area (Å²) in [6, 6.07) is 5.64. The Bertz CT molecular complexity index is 456. The lowest BCUT2D eigenvalue weighted by Gasteiger charge is -2.16. The van der Waals surface area contributed by atoms with Gasteiger partial charge in [-0.05, 0) is 36.6 Å². The number of aryl methyl sites for hydroxylation is 2. The largest absolute Gasteiger partial charge is 0.321 e. The minimum atomic E-state index is -3.69. The van der Waals surface area contributed by atoms with Crippen LogP contribution in [0.2, 0.25) is 0 Å². The van der Waals surface area contributed by atoms with E-state index in [1.807, 2.05) is 26.0 Å². The molecule has 1 rings (SSSR count). The molecule has 0 aliphatic heterocycles. The molecule has 0 heterocycles. The van der Waals surface area contributed by atoms with Crippen molar-refractivity contribution in [3.63, 3.8) is 0 Å². The van der Waals surface area contributed by atoms with E-state index in [2.05, 4.69) is 0 Å². The van der Waals surface area contributed by atoms with E-state index in [0.717, 1.165) is 21.9 Å². The molecule has 5 heteroatoms. The van der Waals surface area contributed by atoms with E-state index in [1.54, 1.807) is 6.07 Å². The molecule has 0 radical (unpaired) electrons. The van der Waals surface area contributed by atoms with E-state index in [-0.39, 0.29) is 0 Å². The standard InChI is InChI=1S/C10H14ClNO2S/c1-4-9-5-8(2)6-10(7-9)12(3)15(11,13)14/h5-7H,4H2,1-3H3. The molecule has 0 atom stereocenters. The Morgan fingerprint density at radius 3 is 2.40 bits per heavy atom. The zero-order chi connectivity index (χ0) is 11.6. The average Bonchev–Trinajstić information content (AvgIpc) is 2.14. The topological polar surface area (TPSA) is 37.4 Å². The lowest BCUT2D eigenvalue weighted by atomic mass is 10.1. The molecule has 1 aromatic rings. The first kappa shape index (κ1) is 12.3. The van der Waals surface area contributed by atoms with Crippen LogP contribution in [0.3, 0.4) is 0 Å². The molecule has 0 spiro atoms. The third-order valence-corrected chi connectivity index (χ3v) is 3.71. The zero-order valence-corrected chi connectivity index (χ0v) is 10.6. The Hall–Kier alpha value is -0.740. The van der Waals surface area contributed by atoms with Crippen LogP contribution in [0.4, 0.5) is 5.69 Å². The molecule has 15 heavy (non-hydrogen) atoms. The Labute approximate surface area is 95.2 Å². The van der Waals surface area contributed by atoms with Gasteiger partial charge in [-0.15, -0.1) is 0 Å². The van der Waals surface area contributed by atoms with Crippen LogP contribution < -0.4 is 4.31 Å². The van der Waals surface area contributed by atoms with Gasteiger partial charge in [0.1, 0.15) is 0 Å². The second-order valence-corrected chi connectivity index (χ2v) is 5.98. The Kier molecular flexibility index (Phi) is 3.62. The summed E-state index contributed by atoms with van der Waals surface area (Å²) in [7, 11) is 3.01. The lowest BCUT2D eigenvalue weighted by molar-refractivity contribution is 0.608. The molecule has 0 bridgehead atoms. The molecule has 0 aliphatic rings. The van der Waals surface area contributed by atoms with Crippen molar-refractivity contribution in [3.05, 3.63) is 29.3 Å². The van der Waals surface area contributed by atoms with Gasteiger partial charge >= 0.3 is 9.24 Å². The summed E-state index contributed by atoms with van der Waals surface area (Å²) < 4.78 is 23.3. The van der Waals surface area contributed by atoms with Crippen LogP contribution in [-0.4, -0.2) is 15.5 Å². The van der Waals surface area contributed by atoms with Crippen molar-refractivity contribution in [2.75, 3.05) is 11.4 Å². The SMILES string of the molecule is CCc1cc(C)cc(N(C)S(=O)(=O)Cl)c1. The molecule has 0 unspecified atom stereocenters. The third kappa shape index (κ3) is 3.11. The zero-order valence-electron chi connectivity index (χ0n) is 8.99. The fraction of sp³-hybridized carbons (Fsp3) is 0.400. The van der Waals surface area contributed by atoms with Crippen molar-refractivity contribution in [2.24, 2.45) is 0 Å². The highest BCUT2D eigenvalue weighted by atomic mass is 35.7. The van der Waals surface area contributed by atoms with Crippen LogP contribution >= 0.6 is 10.7 Å². The van der Waals surface area contributed by atoms with Gasteiger partial charge < -0.3 is 0 Å². The molecule has 0 aromatic heterocycles. The molecular formula is C10H14ClNO2S. The summed E-state index contributed by atoms with van der Waals surface area (Å²) in [6.45, 7) is 3.95. The number of anilines is 1. The Morgan fingerprint density at radius 1 is 1.33 bits per heavy atom. The van der Waals surface area contributed by atoms with E-state index >= 15 is 0 Å². The van der Waals surface area contributed by atoms with Gasteiger partial charge in [-0.2, -0.15) is 8.42 Å². The van der Waals surface area contributed by atoms with Gasteiger partial charge in [0.25, 0.3) is 0 Å². The van der Waals surface area contributed by atoms with E-state index in [1.165, 1.54) is 7.05 Å². The first-order chi connectivity index (χ1) is 6.84. The highest BCUT2D eigenvalue weighted by Crippen LogP contribution is 2.22. The summed E-state index contributed by atoms with van der Waals surface area (Å²) in [5, 5.41) is 0. The molecule has 0 N–H and O–H groups in total. The Morgan fingerprint density at radius 2 is 1.93 bits per heavy atom. The summed E-state index contributed by atoms with van der Waals surface area (Å²) in [5.74, 6) is 0. The number of halogens is 1. The van der Waals surface area contributed by atoms with Gasteiger partial charge in [-0.25, -0.2) is 0 Å². The van der Waals surface area contributed by atoms with E-state index in [9.17, 15) is 8.42 Å². The van der Waals surface area contributed by atoms with E-state index in [0.29, 0.717) is 5.69 Å². The summed E-state index contributed by atoms with van der Waals surface area (Å²) >= 11 is 0. The van der Waals surface area contributed by atoms with Gasteiger partial charge in [-0.1, -0.05) is 13.0 Å². The average molecular weight is 248 g/mol. The van der Waals surface area contributed by atoms with Crippen molar-refractivity contribution >= 4 is 25.6 Å². The second-order valence-electron chi connectivity index (χ2n) is 3.44. The number of hydrogen-bond acceptors (Lipinski definition) is 2. The summed E-state index contributed by atoms with van der Waals surface area (Å²) in [5.41, 5.74) is 2.72. The minimum Gasteiger partial charge on any atom is -0.261 e. The molecule has 0 amide bonds. The van der Waals surface area contributed by atoms with Crippen LogP contribution in [-0.2, 0) is 15.7 Å². The predicted octanol–water partition coefficient (Wildman–Crippen LogP) is 2.48. The van der Waals surface area contributed by atoms with Crippen LogP contribution in [0.5, 0.6) is 0 Å². The first-order valence-electron chi connectivity index (χ1n) is 4.63. The van der Waals surface area contributed by atoms with Crippen molar-refractivity contribution in [1.29, 1.82) is 0 Å². The quantitative estimate of drug-likeness (QED) is 0.770. The number of rotatable bonds is 3. The lowest BCUT2D eigenvalue weighted by Crippen LogP contribution is -2.21. The van der Waals surface area contributed by atoms with Gasteiger partial charge in [0.05, 0.1) is 5.69 Å². The van der Waals surface area contributed by atoms with Gasteiger partial charge in [0, 0.05) is 17.7 Å². The molecule has 0 fully saturated rings. The van der Waals surface area contributed by atoms with Gasteiger partial charge in [-0.3, -0.25) is 4.31 Å². The molecule has 0 saturated carbocycles. The number of benzene rings is 1. The maximum atomic E-state index is 11.1. The molecule has 0 aliphatic carbocycles. The van der Waals surface area contributed by atoms with E-state index in [4.69, 9.17) is 10.7 Å². The monoisotopic (exact) mass is 247 g/mol. The summed E-state index contributed by atoms with van der Waals surface area (Å²) in [4.78, 5) is 0. The van der Waals surface area contributed by atoms with Crippen LogP contribution in [0.25, 0.3) is 0 Å². The first-order valence-corrected chi connectivity index (χ1v) is 6.90. The highest BCUT2D eigenvalue weighted by Gasteiger charge is 2.14. The fourth-order valence-corrected chi connectivity index (χ4v) is 1.95. The van der Waals surface area contributed by atoms with Crippen molar-refractivity contribution in [3.8, 4) is 0 Å². The van der Waals surface area contributed by atoms with Crippen LogP contribution in [0.1, 0.15) is 18.1 Å². The van der Waals surface area contributed by atoms with Gasteiger partial charge in [0.2, 0.25) is 0 Å². The smallest absolute Gasteiger partial charge is 0.261 e. The molecule has 1 aromatic carbocycles. The maximum absolute atomic E-state index is 11.1. The molecule has 3 nitrogen and oxygen atoms in total. The normalized spacial score (nSPS) is 11.5. The molecule has 84 valence electrons. The van der Waals surface area contributed by atoms with Crippen molar-refractivity contribution < 1.29 is 8.42 Å². The predicted molar refractivity (Wildman–Crippen MR) is 63.7 cm³/mol. The maximum Gasteiger partial charge on any atom is 0.321 e. The van der Waals surface area contributed by atoms with Crippen molar-refractivity contribution in [2.45, 2.75) is 20.3 Å². The third-order valence-electron chi connectivity index (χ3n) is 2.22. The van der Waals surface area contributed by atoms with Crippen LogP contribution in [0.15, 0.2) is 18.2 Å². The summed E-state index contributed by atoms with van der Waals surface area (Å²) in [6.07, 6.45) is 0.866. The minimum absolute atomic E-state index is 0.599. The van der Waals surface area contributed by atoms with E-state index < -0.39 is 9.24 Å². The van der Waals surface area contributed by atoms with Crippen molar-refractivity contribution in [1.82, 2.24) is 0 Å². The Balaban J connectivity index is 3.20. The molecular weight excluding hydrogens is 234 g/mol.